The summed E-state index contributed by atoms with van der Waals surface area (Å²) in [5, 5.41) is 15.2. The summed E-state index contributed by atoms with van der Waals surface area (Å²) in [5.74, 6) is 2.15. The molecule has 4 saturated heterocycles. The smallest absolute Gasteiger partial charge is 0.319 e. The van der Waals surface area contributed by atoms with E-state index in [1.54, 1.807) is 6.08 Å². The molecule has 4 atom stereocenters. The number of aromatic hydroxyl groups is 1. The van der Waals surface area contributed by atoms with E-state index in [0.29, 0.717) is 48.2 Å². The molecular weight excluding hydrogens is 650 g/mol. The van der Waals surface area contributed by atoms with Gasteiger partial charge in [-0.3, -0.25) is 9.21 Å². The number of piperazine rings is 1. The maximum Gasteiger partial charge on any atom is 0.319 e. The summed E-state index contributed by atoms with van der Waals surface area (Å²) in [6.45, 7) is 2.75. The van der Waals surface area contributed by atoms with Crippen LogP contribution in [0.1, 0.15) is 61.8 Å². The predicted octanol–water partition coefficient (Wildman–Crippen LogP) is 4.26. The number of sulfonamides is 1. The van der Waals surface area contributed by atoms with Crippen molar-refractivity contribution in [1.29, 1.82) is 0 Å². The Morgan fingerprint density at radius 2 is 1.92 bits per heavy atom. The van der Waals surface area contributed by atoms with E-state index in [1.807, 2.05) is 4.90 Å². The molecule has 1 saturated carbocycles. The third-order valence-corrected chi connectivity index (χ3v) is 13.1. The Hall–Kier alpha value is -3.99. The van der Waals surface area contributed by atoms with E-state index in [4.69, 9.17) is 21.1 Å². The van der Waals surface area contributed by atoms with Gasteiger partial charge in [-0.25, -0.2) is 17.2 Å². The molecule has 13 heteroatoms. The molecule has 9 rings (SSSR count). The van der Waals surface area contributed by atoms with Gasteiger partial charge >= 0.3 is 6.01 Å². The zero-order valence-electron chi connectivity index (χ0n) is 27.0. The molecule has 2 N–H and O–H groups in total. The molecule has 1 aromatic heterocycles. The van der Waals surface area contributed by atoms with Gasteiger partial charge in [0.15, 0.2) is 10.7 Å². The Kier molecular flexibility index (Phi) is 7.13. The van der Waals surface area contributed by atoms with Crippen LogP contribution in [0.5, 0.6) is 11.8 Å². The quantitative estimate of drug-likeness (QED) is 0.352. The van der Waals surface area contributed by atoms with Crippen LogP contribution in [0.4, 0.5) is 14.6 Å². The van der Waals surface area contributed by atoms with Gasteiger partial charge in [0.05, 0.1) is 22.5 Å². The molecule has 1 aliphatic carbocycles. The lowest BCUT2D eigenvalue weighted by molar-refractivity contribution is 0.107. The average molecular weight is 689 g/mol. The fourth-order valence-electron chi connectivity index (χ4n) is 8.83. The predicted molar refractivity (Wildman–Crippen MR) is 181 cm³/mol. The highest BCUT2D eigenvalue weighted by molar-refractivity contribution is 7.89. The van der Waals surface area contributed by atoms with E-state index in [1.165, 1.54) is 28.6 Å². The average Bonchev–Trinajstić information content (AvgIpc) is 3.61. The van der Waals surface area contributed by atoms with Gasteiger partial charge in [-0.2, -0.15) is 9.97 Å². The first-order valence-electron chi connectivity index (χ1n) is 17.2. The van der Waals surface area contributed by atoms with Crippen molar-refractivity contribution >= 4 is 38.4 Å². The zero-order chi connectivity index (χ0) is 33.7. The van der Waals surface area contributed by atoms with Gasteiger partial charge < -0.3 is 20.1 Å². The number of nitrogens with zero attached hydrogens (tertiary/aromatic N) is 5. The number of ether oxygens (including phenoxy) is 1. The van der Waals surface area contributed by atoms with Gasteiger partial charge in [0.25, 0.3) is 10.0 Å². The highest BCUT2D eigenvalue weighted by Gasteiger charge is 2.50. The second-order valence-electron chi connectivity index (χ2n) is 14.6. The summed E-state index contributed by atoms with van der Waals surface area (Å²) in [7, 11) is -4.27. The molecule has 49 heavy (non-hydrogen) atoms. The van der Waals surface area contributed by atoms with E-state index in [0.717, 1.165) is 45.1 Å². The van der Waals surface area contributed by atoms with Crippen LogP contribution < -0.4 is 15.0 Å². The van der Waals surface area contributed by atoms with Crippen molar-refractivity contribution in [3.05, 3.63) is 46.9 Å². The molecule has 5 fully saturated rings. The fraction of sp³-hybridized carbons (Fsp3) is 0.500. The number of halogens is 2. The van der Waals surface area contributed by atoms with Crippen LogP contribution in [-0.2, 0) is 10.0 Å². The number of anilines is 1. The first kappa shape index (κ1) is 31.0. The number of aromatic nitrogens is 2. The molecule has 2 unspecified atom stereocenters. The Morgan fingerprint density at radius 3 is 2.67 bits per heavy atom. The first-order valence-corrected chi connectivity index (χ1v) is 18.7. The van der Waals surface area contributed by atoms with Gasteiger partial charge in [-0.1, -0.05) is 12.0 Å². The number of benzene rings is 2. The number of phenols is 1. The minimum absolute atomic E-state index is 0.00343. The number of hydrogen-bond donors (Lipinski definition) is 2. The second kappa shape index (κ2) is 11.3. The fourth-order valence-corrected chi connectivity index (χ4v) is 10.6. The lowest BCUT2D eigenvalue weighted by atomic mass is 9.95. The second-order valence-corrected chi connectivity index (χ2v) is 16.4. The summed E-state index contributed by atoms with van der Waals surface area (Å²) in [6, 6.07) is 6.12. The van der Waals surface area contributed by atoms with Crippen molar-refractivity contribution in [1.82, 2.24) is 24.5 Å². The maximum absolute atomic E-state index is 15.2. The number of rotatable bonds is 7. The summed E-state index contributed by atoms with van der Waals surface area (Å²) in [4.78, 5) is 13.7. The van der Waals surface area contributed by atoms with Crippen molar-refractivity contribution < 1.29 is 27.0 Å². The normalized spacial score (nSPS) is 28.8. The van der Waals surface area contributed by atoms with Crippen molar-refractivity contribution in [2.45, 2.75) is 73.6 Å². The van der Waals surface area contributed by atoms with Gasteiger partial charge in [0.2, 0.25) is 0 Å². The number of alkyl halides is 1. The number of terminal acetylenes is 1. The van der Waals surface area contributed by atoms with Crippen LogP contribution in [0, 0.1) is 24.1 Å². The molecule has 0 spiro atoms. The molecule has 10 nitrogen and oxygen atoms in total. The molecule has 0 radical (unpaired) electrons. The SMILES string of the molecule is C#Cc1c(F)ccc2cc(O)cc(C3=Cc4nc(OC[C@@]56CCCN5C[C@H](F)C6)nc(N5CC6CCC(C5)N6)c4S(=O)(=O)N3CC3CC3)c12. The van der Waals surface area contributed by atoms with Crippen LogP contribution in [0.15, 0.2) is 29.2 Å². The Labute approximate surface area is 284 Å². The van der Waals surface area contributed by atoms with Gasteiger partial charge in [0.1, 0.15) is 24.3 Å². The minimum Gasteiger partial charge on any atom is -0.508 e. The highest BCUT2D eigenvalue weighted by Crippen LogP contribution is 2.47. The Bertz CT molecular complexity index is 2050. The van der Waals surface area contributed by atoms with E-state index in [9.17, 15) is 17.9 Å². The Balaban J connectivity index is 1.23. The van der Waals surface area contributed by atoms with Crippen molar-refractivity contribution in [2.24, 2.45) is 5.92 Å². The minimum atomic E-state index is -4.27. The van der Waals surface area contributed by atoms with Gasteiger partial charge in [-0.15, -0.1) is 6.42 Å². The molecule has 2 aromatic carbocycles. The van der Waals surface area contributed by atoms with E-state index >= 15 is 4.39 Å². The molecule has 2 bridgehead atoms. The summed E-state index contributed by atoms with van der Waals surface area (Å²) in [6.07, 6.45) is 12.4. The molecule has 5 aliphatic heterocycles. The molecular formula is C36H38F2N6O4S. The van der Waals surface area contributed by atoms with Crippen LogP contribution in [0.3, 0.4) is 0 Å². The van der Waals surface area contributed by atoms with E-state index in [-0.39, 0.29) is 64.8 Å². The van der Waals surface area contributed by atoms with Crippen LogP contribution in [-0.4, -0.2) is 95.8 Å². The monoisotopic (exact) mass is 688 g/mol. The summed E-state index contributed by atoms with van der Waals surface area (Å²) >= 11 is 0. The number of fused-ring (bicyclic) bond motifs is 5. The third-order valence-electron chi connectivity index (χ3n) is 11.3. The van der Waals surface area contributed by atoms with Gasteiger partial charge in [-0.05, 0) is 80.6 Å². The van der Waals surface area contributed by atoms with E-state index in [2.05, 4.69) is 16.1 Å². The van der Waals surface area contributed by atoms with Crippen LogP contribution in [0.2, 0.25) is 0 Å². The lowest BCUT2D eigenvalue weighted by Gasteiger charge is -2.37. The maximum atomic E-state index is 15.2. The standard InChI is InChI=1S/C36H38F2N6O4S/c1-2-27-29(38)9-6-22-12-26(45)13-28(32(22)27)31-14-30-33(49(46,47)44(31)16-21-4-5-21)34(42-18-24-7-8-25(19-42)39-24)41-35(40-30)48-20-36-10-3-11-43(36)17-23(37)15-36/h1,6,9,12-14,21,23-25,39,45H,3-5,7-8,10-11,15-20H2/t23-,24?,25?,36+/m1/s1. The molecule has 0 amide bonds. The lowest BCUT2D eigenvalue weighted by Crippen LogP contribution is -2.52. The first-order chi connectivity index (χ1) is 23.6. The number of phenolic OH excluding ortho intramolecular Hbond substituents is 1. The zero-order valence-corrected chi connectivity index (χ0v) is 27.9. The van der Waals surface area contributed by atoms with Crippen molar-refractivity contribution in [3.8, 4) is 24.1 Å². The number of hydrogen-bond acceptors (Lipinski definition) is 9. The van der Waals surface area contributed by atoms with Crippen LogP contribution in [0.25, 0.3) is 22.5 Å². The number of nitrogens with one attached hydrogen (secondary N) is 1. The van der Waals surface area contributed by atoms with Crippen molar-refractivity contribution in [2.75, 3.05) is 44.2 Å². The van der Waals surface area contributed by atoms with Gasteiger partial charge in [0, 0.05) is 55.6 Å². The van der Waals surface area contributed by atoms with Crippen LogP contribution >= 0.6 is 0 Å². The summed E-state index contributed by atoms with van der Waals surface area (Å²) in [5.41, 5.74) is 0.223. The molecule has 3 aromatic rings. The third kappa shape index (κ3) is 5.13. The molecule has 256 valence electrons. The Morgan fingerprint density at radius 1 is 1.12 bits per heavy atom. The topological polar surface area (TPSA) is 111 Å². The largest absolute Gasteiger partial charge is 0.508 e. The summed E-state index contributed by atoms with van der Waals surface area (Å²) < 4.78 is 67.4. The van der Waals surface area contributed by atoms with E-state index < -0.39 is 27.6 Å². The van der Waals surface area contributed by atoms with Crippen molar-refractivity contribution in [3.63, 3.8) is 0 Å². The molecule has 6 aliphatic rings. The molecule has 6 heterocycles. The highest BCUT2D eigenvalue weighted by atomic mass is 32.2.